The van der Waals surface area contributed by atoms with Gasteiger partial charge < -0.3 is 10.6 Å². The van der Waals surface area contributed by atoms with Crippen molar-refractivity contribution in [2.24, 2.45) is 4.99 Å². The second kappa shape index (κ2) is 11.0. The molecule has 1 aliphatic carbocycles. The van der Waals surface area contributed by atoms with E-state index in [0.717, 1.165) is 27.3 Å². The van der Waals surface area contributed by atoms with Crippen LogP contribution in [0.5, 0.6) is 0 Å². The number of nitrogens with zero attached hydrogens (tertiary/aromatic N) is 4. The molecule has 2 aromatic heterocycles. The molecular formula is C27H25F3N6. The summed E-state index contributed by atoms with van der Waals surface area (Å²) in [6.07, 6.45) is 11.6. The molecule has 1 aromatic carbocycles. The number of alkyl halides is 3. The van der Waals surface area contributed by atoms with Crippen molar-refractivity contribution in [3.63, 3.8) is 0 Å². The highest BCUT2D eigenvalue weighted by Gasteiger charge is 2.35. The van der Waals surface area contributed by atoms with Gasteiger partial charge in [0.2, 0.25) is 5.95 Å². The maximum Gasteiger partial charge on any atom is 0.421 e. The predicted molar refractivity (Wildman–Crippen MR) is 136 cm³/mol. The Hall–Kier alpha value is -4.27. The first-order chi connectivity index (χ1) is 17.5. The third-order valence-electron chi connectivity index (χ3n) is 5.28. The zero-order chi connectivity index (χ0) is 25.5. The quantitative estimate of drug-likeness (QED) is 0.585. The first-order valence-corrected chi connectivity index (χ1v) is 11.6. The number of anilines is 3. The minimum absolute atomic E-state index is 0.0641. The van der Waals surface area contributed by atoms with E-state index in [1.54, 1.807) is 30.6 Å². The number of aromatic nitrogens is 3. The van der Waals surface area contributed by atoms with Crippen LogP contribution in [0.15, 0.2) is 72.1 Å². The molecule has 0 bridgehead atoms. The Bertz CT molecular complexity index is 1540. The van der Waals surface area contributed by atoms with Gasteiger partial charge in [0.1, 0.15) is 11.4 Å². The van der Waals surface area contributed by atoms with Crippen molar-refractivity contribution in [3.8, 4) is 0 Å². The number of pyridine rings is 1. The van der Waals surface area contributed by atoms with E-state index in [9.17, 15) is 13.2 Å². The van der Waals surface area contributed by atoms with Crippen LogP contribution in [-0.2, 0) is 6.18 Å². The van der Waals surface area contributed by atoms with E-state index < -0.39 is 11.7 Å². The molecule has 1 atom stereocenters. The van der Waals surface area contributed by atoms with E-state index in [1.807, 2.05) is 62.4 Å². The number of halogens is 3. The van der Waals surface area contributed by atoms with Crippen LogP contribution < -0.4 is 31.8 Å². The van der Waals surface area contributed by atoms with Gasteiger partial charge in [-0.15, -0.1) is 0 Å². The van der Waals surface area contributed by atoms with E-state index >= 15 is 0 Å². The molecule has 9 heteroatoms. The first kappa shape index (κ1) is 24.8. The third-order valence-corrected chi connectivity index (χ3v) is 5.28. The minimum atomic E-state index is -4.62. The van der Waals surface area contributed by atoms with Crippen LogP contribution in [0.25, 0.3) is 18.2 Å². The van der Waals surface area contributed by atoms with Crippen LogP contribution in [0.3, 0.4) is 0 Å². The molecule has 3 heterocycles. The lowest BCUT2D eigenvalue weighted by atomic mass is 10.2. The summed E-state index contributed by atoms with van der Waals surface area (Å²) in [5.74, 6) is -0.269. The van der Waals surface area contributed by atoms with Crippen LogP contribution in [0, 0.1) is 0 Å². The fourth-order valence-electron chi connectivity index (χ4n) is 3.66. The van der Waals surface area contributed by atoms with Gasteiger partial charge in [0.05, 0.1) is 16.7 Å². The number of rotatable bonds is 4. The van der Waals surface area contributed by atoms with Crippen LogP contribution in [0.2, 0.25) is 0 Å². The average Bonchev–Trinajstić information content (AvgIpc) is 3.22. The van der Waals surface area contributed by atoms with Crippen LogP contribution in [-0.4, -0.2) is 21.0 Å². The van der Waals surface area contributed by atoms with Crippen molar-refractivity contribution in [1.29, 1.82) is 0 Å². The van der Waals surface area contributed by atoms with Gasteiger partial charge >= 0.3 is 6.18 Å². The fourth-order valence-corrected chi connectivity index (χ4v) is 3.66. The smallest absolute Gasteiger partial charge is 0.344 e. The molecule has 3 aromatic rings. The molecule has 6 nitrogen and oxygen atoms in total. The summed E-state index contributed by atoms with van der Waals surface area (Å²) >= 11 is 0. The van der Waals surface area contributed by atoms with Gasteiger partial charge in [0.25, 0.3) is 0 Å². The van der Waals surface area contributed by atoms with E-state index in [-0.39, 0.29) is 17.8 Å². The SMILES string of the molecule is CC.FC(F)(F)c1cnc(NC2C=CC=c3ncccc3=C2)nc1Nc1ccc2c(c1)=CCC=CN=2. The Morgan fingerprint density at radius 2 is 1.92 bits per heavy atom. The van der Waals surface area contributed by atoms with Crippen LogP contribution in [0.4, 0.5) is 30.6 Å². The van der Waals surface area contributed by atoms with Crippen molar-refractivity contribution in [2.75, 3.05) is 10.6 Å². The Morgan fingerprint density at radius 1 is 1.06 bits per heavy atom. The normalized spacial score (nSPS) is 15.6. The van der Waals surface area contributed by atoms with E-state index in [1.165, 1.54) is 0 Å². The molecule has 36 heavy (non-hydrogen) atoms. The maximum atomic E-state index is 13.7. The van der Waals surface area contributed by atoms with Crippen LogP contribution >= 0.6 is 0 Å². The molecule has 0 saturated carbocycles. The largest absolute Gasteiger partial charge is 0.421 e. The van der Waals surface area contributed by atoms with E-state index in [2.05, 4.69) is 30.6 Å². The molecular weight excluding hydrogens is 465 g/mol. The Balaban J connectivity index is 0.00000148. The molecule has 1 unspecified atom stereocenters. The van der Waals surface area contributed by atoms with Crippen molar-refractivity contribution in [3.05, 3.63) is 93.9 Å². The lowest BCUT2D eigenvalue weighted by Gasteiger charge is -2.16. The number of hydrogen-bond donors (Lipinski definition) is 2. The summed E-state index contributed by atoms with van der Waals surface area (Å²) in [6.45, 7) is 4.00. The Kier molecular flexibility index (Phi) is 7.58. The topological polar surface area (TPSA) is 75.1 Å². The van der Waals surface area contributed by atoms with Crippen molar-refractivity contribution < 1.29 is 13.2 Å². The summed E-state index contributed by atoms with van der Waals surface area (Å²) in [6, 6.07) is 8.59. The average molecular weight is 491 g/mol. The molecule has 5 rings (SSSR count). The molecule has 0 spiro atoms. The zero-order valence-electron chi connectivity index (χ0n) is 19.8. The number of allylic oxidation sites excluding steroid dienone is 2. The van der Waals surface area contributed by atoms with Gasteiger partial charge in [-0.1, -0.05) is 44.2 Å². The molecule has 0 fully saturated rings. The monoisotopic (exact) mass is 490 g/mol. The van der Waals surface area contributed by atoms with E-state index in [0.29, 0.717) is 12.1 Å². The highest BCUT2D eigenvalue weighted by Crippen LogP contribution is 2.35. The number of hydrogen-bond acceptors (Lipinski definition) is 6. The highest BCUT2D eigenvalue weighted by molar-refractivity contribution is 5.62. The summed E-state index contributed by atoms with van der Waals surface area (Å²) in [5, 5.41) is 9.18. The zero-order valence-corrected chi connectivity index (χ0v) is 19.8. The molecule has 2 aliphatic rings. The molecule has 184 valence electrons. The van der Waals surface area contributed by atoms with Gasteiger partial charge in [0.15, 0.2) is 0 Å². The van der Waals surface area contributed by atoms with Crippen LogP contribution in [0.1, 0.15) is 25.8 Å². The molecule has 0 radical (unpaired) electrons. The van der Waals surface area contributed by atoms with Crippen molar-refractivity contribution in [1.82, 2.24) is 15.0 Å². The van der Waals surface area contributed by atoms with E-state index in [4.69, 9.17) is 0 Å². The minimum Gasteiger partial charge on any atom is -0.344 e. The first-order valence-electron chi connectivity index (χ1n) is 11.6. The summed E-state index contributed by atoms with van der Waals surface area (Å²) < 4.78 is 41.1. The van der Waals surface area contributed by atoms with Gasteiger partial charge in [0, 0.05) is 24.3 Å². The van der Waals surface area contributed by atoms with Crippen molar-refractivity contribution in [2.45, 2.75) is 32.5 Å². The molecule has 1 aliphatic heterocycles. The third kappa shape index (κ3) is 5.86. The van der Waals surface area contributed by atoms with Gasteiger partial charge in [-0.3, -0.25) is 9.98 Å². The van der Waals surface area contributed by atoms with Crippen molar-refractivity contribution >= 4 is 35.7 Å². The number of nitrogens with one attached hydrogen (secondary N) is 2. The van der Waals surface area contributed by atoms with Gasteiger partial charge in [-0.05, 0) is 53.3 Å². The summed E-state index contributed by atoms with van der Waals surface area (Å²) in [4.78, 5) is 16.7. The highest BCUT2D eigenvalue weighted by atomic mass is 19.4. The second-order valence-electron chi connectivity index (χ2n) is 7.67. The second-order valence-corrected chi connectivity index (χ2v) is 7.67. The number of fused-ring (bicyclic) bond motifs is 2. The Morgan fingerprint density at radius 3 is 2.75 bits per heavy atom. The lowest BCUT2D eigenvalue weighted by Crippen LogP contribution is -2.29. The lowest BCUT2D eigenvalue weighted by molar-refractivity contribution is -0.137. The maximum absolute atomic E-state index is 13.7. The Labute approximate surface area is 206 Å². The van der Waals surface area contributed by atoms with Gasteiger partial charge in [-0.25, -0.2) is 4.98 Å². The predicted octanol–water partition coefficient (Wildman–Crippen LogP) is 3.59. The van der Waals surface area contributed by atoms with Gasteiger partial charge in [-0.2, -0.15) is 18.2 Å². The molecule has 0 saturated heterocycles. The summed E-state index contributed by atoms with van der Waals surface area (Å²) in [7, 11) is 0. The molecule has 0 amide bonds. The number of benzene rings is 1. The molecule has 2 N–H and O–H groups in total. The fraction of sp³-hybridized carbons (Fsp3) is 0.185. The summed E-state index contributed by atoms with van der Waals surface area (Å²) in [5.41, 5.74) is -0.482. The standard InChI is InChI=1S/C25H19F3N6.C2H6/c26-25(27,28)20-15-31-24(33-18-7-3-8-21-17(13-18)6-4-12-30-21)34-23(20)32-19-9-10-22-16(14-19)5-1-2-11-29-22;1-2/h2-15,18H,1H2,(H2,31,32,33,34);1-2H3.